The standard InChI is InChI=1S/C23H31FN3O9PS/c1-7-9-10-16(8-2)36-37(38,26-15(5)18(29)34-14(3)4)33-13-23(24)19(30)22(6,32)20(35-23)27-12-11-17(28)25-21(27)31/h1,8-12,14-15,19-20,30,32H,13H2,2-6H3,(H,26,38)(H,25,28,31)/b10-9-,16-8+/t15-,19-,20+,22+,23+,37?/m0/s1. The largest absolute Gasteiger partial charge is 0.462 e. The van der Waals surface area contributed by atoms with Crippen molar-refractivity contribution in [2.24, 2.45) is 0 Å². The highest BCUT2D eigenvalue weighted by molar-refractivity contribution is 8.09. The first-order chi connectivity index (χ1) is 17.6. The third-order valence-electron chi connectivity index (χ3n) is 5.22. The summed E-state index contributed by atoms with van der Waals surface area (Å²) in [6, 6.07) is -0.0991. The molecule has 0 spiro atoms. The van der Waals surface area contributed by atoms with Crippen LogP contribution in [0.1, 0.15) is 40.8 Å². The van der Waals surface area contributed by atoms with Crippen LogP contribution in [-0.4, -0.2) is 62.0 Å². The summed E-state index contributed by atoms with van der Waals surface area (Å²) < 4.78 is 38.4. The van der Waals surface area contributed by atoms with Gasteiger partial charge in [0.2, 0.25) is 0 Å². The van der Waals surface area contributed by atoms with Gasteiger partial charge in [-0.25, -0.2) is 14.3 Å². The summed E-state index contributed by atoms with van der Waals surface area (Å²) in [5.74, 6) is -1.38. The number of allylic oxidation sites excluding steroid dienone is 3. The molecule has 2 rings (SSSR count). The van der Waals surface area contributed by atoms with E-state index in [1.165, 1.54) is 25.2 Å². The van der Waals surface area contributed by atoms with Crippen molar-refractivity contribution < 1.29 is 37.9 Å². The molecule has 15 heteroatoms. The molecule has 0 saturated carbocycles. The minimum Gasteiger partial charge on any atom is -0.462 e. The summed E-state index contributed by atoms with van der Waals surface area (Å²) in [4.78, 5) is 37.9. The summed E-state index contributed by atoms with van der Waals surface area (Å²) >= 11 is 5.50. The highest BCUT2D eigenvalue weighted by Crippen LogP contribution is 2.51. The fraction of sp³-hybridized carbons (Fsp3) is 0.522. The summed E-state index contributed by atoms with van der Waals surface area (Å²) in [6.45, 7) is 2.50. The number of carbonyl (C=O) groups excluding carboxylic acids is 1. The number of halogens is 1. The zero-order valence-electron chi connectivity index (χ0n) is 21.4. The van der Waals surface area contributed by atoms with Crippen molar-refractivity contribution in [3.63, 3.8) is 0 Å². The van der Waals surface area contributed by atoms with E-state index in [4.69, 9.17) is 36.8 Å². The van der Waals surface area contributed by atoms with E-state index in [-0.39, 0.29) is 5.76 Å². The lowest BCUT2D eigenvalue weighted by Gasteiger charge is -2.31. The van der Waals surface area contributed by atoms with Crippen molar-refractivity contribution in [2.75, 3.05) is 6.61 Å². The highest BCUT2D eigenvalue weighted by Gasteiger charge is 2.63. The monoisotopic (exact) mass is 575 g/mol. The zero-order valence-corrected chi connectivity index (χ0v) is 23.1. The molecule has 0 aromatic carbocycles. The molecule has 1 fully saturated rings. The molecular formula is C23H31FN3O9PS. The van der Waals surface area contributed by atoms with E-state index < -0.39 is 66.4 Å². The van der Waals surface area contributed by atoms with Crippen LogP contribution in [0.3, 0.4) is 0 Å². The maximum absolute atomic E-state index is 16.0. The van der Waals surface area contributed by atoms with Gasteiger partial charge in [0.1, 0.15) is 30.1 Å². The number of nitrogens with one attached hydrogen (secondary N) is 2. The Morgan fingerprint density at radius 1 is 1.47 bits per heavy atom. The zero-order chi connectivity index (χ0) is 28.9. The van der Waals surface area contributed by atoms with Crippen LogP contribution in [0.15, 0.2) is 45.8 Å². The van der Waals surface area contributed by atoms with Crippen molar-refractivity contribution in [3.05, 3.63) is 57.1 Å². The Kier molecular flexibility index (Phi) is 10.4. The molecule has 1 aliphatic rings. The molecular weight excluding hydrogens is 544 g/mol. The van der Waals surface area contributed by atoms with Gasteiger partial charge in [0.25, 0.3) is 11.4 Å². The van der Waals surface area contributed by atoms with Crippen LogP contribution in [0, 0.1) is 12.3 Å². The van der Waals surface area contributed by atoms with Gasteiger partial charge in [-0.15, -0.1) is 6.42 Å². The van der Waals surface area contributed by atoms with E-state index in [1.807, 2.05) is 4.98 Å². The molecule has 1 unspecified atom stereocenters. The van der Waals surface area contributed by atoms with Gasteiger partial charge in [0, 0.05) is 12.3 Å². The third-order valence-corrected chi connectivity index (χ3v) is 7.70. The normalized spacial score (nSPS) is 28.2. The average Bonchev–Trinajstić information content (AvgIpc) is 3.00. The molecule has 6 atom stereocenters. The molecule has 210 valence electrons. The van der Waals surface area contributed by atoms with Crippen LogP contribution in [0.4, 0.5) is 4.39 Å². The Morgan fingerprint density at radius 3 is 2.68 bits per heavy atom. The predicted octanol–water partition coefficient (Wildman–Crippen LogP) is 1.12. The first kappa shape index (κ1) is 31.6. The Balaban J connectivity index is 2.36. The number of aromatic amines is 1. The number of aliphatic hydroxyl groups is 2. The second-order valence-corrected chi connectivity index (χ2v) is 11.9. The predicted molar refractivity (Wildman–Crippen MR) is 139 cm³/mol. The Labute approximate surface area is 223 Å². The van der Waals surface area contributed by atoms with Crippen molar-refractivity contribution in [1.29, 1.82) is 0 Å². The maximum Gasteiger partial charge on any atom is 0.330 e. The van der Waals surface area contributed by atoms with E-state index in [2.05, 4.69) is 11.0 Å². The molecule has 0 radical (unpaired) electrons. The number of alkyl halides is 1. The fourth-order valence-corrected chi connectivity index (χ4v) is 5.78. The molecule has 4 N–H and O–H groups in total. The lowest BCUT2D eigenvalue weighted by Crippen LogP contribution is -2.50. The first-order valence-corrected chi connectivity index (χ1v) is 14.0. The van der Waals surface area contributed by atoms with Crippen molar-refractivity contribution in [3.8, 4) is 12.3 Å². The molecule has 0 amide bonds. The lowest BCUT2D eigenvalue weighted by molar-refractivity contribution is -0.203. The molecule has 1 aromatic heterocycles. The topological polar surface area (TPSA) is 161 Å². The van der Waals surface area contributed by atoms with Gasteiger partial charge < -0.3 is 28.7 Å². The minimum atomic E-state index is -3.79. The van der Waals surface area contributed by atoms with Crippen LogP contribution < -0.4 is 16.3 Å². The molecule has 0 bridgehead atoms. The SMILES string of the molecule is C#C/C=C\C(=C/C)OP(=S)(N[C@@H](C)C(=O)OC(C)C)OC[C@@]1(F)O[C@@H](n2ccc(=O)[nH]c2=O)[C@](C)(O)[C@@H]1O. The van der Waals surface area contributed by atoms with Gasteiger partial charge in [-0.3, -0.25) is 19.1 Å². The van der Waals surface area contributed by atoms with Crippen LogP contribution >= 0.6 is 6.64 Å². The highest BCUT2D eigenvalue weighted by atomic mass is 32.5. The second-order valence-electron chi connectivity index (χ2n) is 8.79. The number of hydrogen-bond acceptors (Lipinski definition) is 10. The van der Waals surface area contributed by atoms with E-state index in [0.29, 0.717) is 4.57 Å². The van der Waals surface area contributed by atoms with Crippen molar-refractivity contribution >= 4 is 24.4 Å². The fourth-order valence-electron chi connectivity index (χ4n) is 3.34. The number of hydrogen-bond donors (Lipinski definition) is 4. The number of rotatable bonds is 11. The second kappa shape index (κ2) is 12.5. The van der Waals surface area contributed by atoms with Gasteiger partial charge in [0.15, 0.2) is 6.23 Å². The first-order valence-electron chi connectivity index (χ1n) is 11.4. The summed E-state index contributed by atoms with van der Waals surface area (Å²) in [5.41, 5.74) is -4.09. The molecule has 1 aromatic rings. The van der Waals surface area contributed by atoms with Crippen molar-refractivity contribution in [1.82, 2.24) is 14.6 Å². The molecule has 2 heterocycles. The van der Waals surface area contributed by atoms with E-state index >= 15 is 4.39 Å². The number of aliphatic hydroxyl groups excluding tert-OH is 1. The van der Waals surface area contributed by atoms with Crippen LogP contribution in [0.25, 0.3) is 0 Å². The molecule has 38 heavy (non-hydrogen) atoms. The smallest absolute Gasteiger partial charge is 0.330 e. The Morgan fingerprint density at radius 2 is 2.13 bits per heavy atom. The molecule has 0 aliphatic carbocycles. The minimum absolute atomic E-state index is 0.133. The van der Waals surface area contributed by atoms with Crippen molar-refractivity contribution in [2.45, 2.75) is 70.6 Å². The maximum atomic E-state index is 16.0. The van der Waals surface area contributed by atoms with E-state index in [1.54, 1.807) is 20.8 Å². The number of ether oxygens (including phenoxy) is 2. The van der Waals surface area contributed by atoms with Gasteiger partial charge in [0.05, 0.1) is 6.10 Å². The number of carbonyl (C=O) groups is 1. The van der Waals surface area contributed by atoms with Gasteiger partial charge in [-0.2, -0.15) is 0 Å². The lowest BCUT2D eigenvalue weighted by atomic mass is 9.95. The number of aromatic nitrogens is 2. The third kappa shape index (κ3) is 7.48. The van der Waals surface area contributed by atoms with E-state index in [9.17, 15) is 24.6 Å². The number of H-pyrrole nitrogens is 1. The quantitative estimate of drug-likeness (QED) is 0.0984. The average molecular weight is 576 g/mol. The number of esters is 1. The van der Waals surface area contributed by atoms with E-state index in [0.717, 1.165) is 19.2 Å². The Bertz CT molecular complexity index is 1290. The van der Waals surface area contributed by atoms with Gasteiger partial charge >= 0.3 is 18.3 Å². The number of nitrogens with zero attached hydrogens (tertiary/aromatic N) is 1. The Hall–Kier alpha value is -2.63. The van der Waals surface area contributed by atoms with Crippen LogP contribution in [0.2, 0.25) is 0 Å². The summed E-state index contributed by atoms with van der Waals surface area (Å²) in [7, 11) is 0. The van der Waals surface area contributed by atoms with Gasteiger partial charge in [-0.05, 0) is 64.7 Å². The summed E-state index contributed by atoms with van der Waals surface area (Å²) in [6.07, 6.45) is 5.98. The van der Waals surface area contributed by atoms with Gasteiger partial charge in [-0.1, -0.05) is 5.92 Å². The van der Waals surface area contributed by atoms with Crippen LogP contribution in [-0.2, 0) is 35.1 Å². The molecule has 1 saturated heterocycles. The molecule has 1 aliphatic heterocycles. The molecule has 12 nitrogen and oxygen atoms in total. The summed E-state index contributed by atoms with van der Waals surface area (Å²) in [5, 5.41) is 24.2. The van der Waals surface area contributed by atoms with Crippen LogP contribution in [0.5, 0.6) is 0 Å². The number of terminal acetylenes is 1.